The van der Waals surface area contributed by atoms with Gasteiger partial charge in [0, 0.05) is 45.4 Å². The number of ether oxygens (including phenoxy) is 2. The number of piperazine rings is 1. The summed E-state index contributed by atoms with van der Waals surface area (Å²) in [4.78, 5) is 52.0. The van der Waals surface area contributed by atoms with E-state index in [0.717, 1.165) is 25.7 Å². The van der Waals surface area contributed by atoms with Gasteiger partial charge in [-0.1, -0.05) is 13.8 Å². The van der Waals surface area contributed by atoms with Crippen LogP contribution in [0.15, 0.2) is 0 Å². The van der Waals surface area contributed by atoms with E-state index in [1.165, 1.54) is 6.92 Å². The maximum atomic E-state index is 12.7. The molecule has 1 aliphatic heterocycles. The van der Waals surface area contributed by atoms with Crippen molar-refractivity contribution in [2.75, 3.05) is 45.9 Å². The number of fused-ring (bicyclic) bond motifs is 1. The van der Waals surface area contributed by atoms with Gasteiger partial charge in [-0.2, -0.15) is 0 Å². The van der Waals surface area contributed by atoms with Crippen LogP contribution in [0.2, 0.25) is 0 Å². The van der Waals surface area contributed by atoms with Crippen LogP contribution in [0.25, 0.3) is 0 Å². The van der Waals surface area contributed by atoms with Crippen molar-refractivity contribution in [3.63, 3.8) is 0 Å². The van der Waals surface area contributed by atoms with Gasteiger partial charge in [-0.3, -0.25) is 19.3 Å². The molecule has 1 saturated carbocycles. The van der Waals surface area contributed by atoms with Gasteiger partial charge in [0.1, 0.15) is 12.4 Å². The summed E-state index contributed by atoms with van der Waals surface area (Å²) in [7, 11) is 0. The lowest BCUT2D eigenvalue weighted by atomic mass is 10.1. The largest absolute Gasteiger partial charge is 0.464 e. The molecule has 0 bridgehead atoms. The lowest BCUT2D eigenvalue weighted by Crippen LogP contribution is -2.57. The molecule has 0 aromatic carbocycles. The Labute approximate surface area is 208 Å². The minimum absolute atomic E-state index is 0.0255. The zero-order chi connectivity index (χ0) is 25.4. The number of carbonyl (C=O) groups excluding carboxylic acids is 4. The first-order valence-corrected chi connectivity index (χ1v) is 12.8. The third-order valence-corrected chi connectivity index (χ3v) is 7.13. The SMILES string of the molecule is CC(=O)CN1CCN(C(=O)CCNC(=O)OCC2[C@H]3CCC#CCC[C@@H]23)CC1COC(=O)C(C)C. The molecule has 0 radical (unpaired) electrons. The molecule has 35 heavy (non-hydrogen) atoms. The second kappa shape index (κ2) is 12.9. The number of amides is 2. The summed E-state index contributed by atoms with van der Waals surface area (Å²) in [6, 6.07) is -0.238. The van der Waals surface area contributed by atoms with Gasteiger partial charge in [0.15, 0.2) is 0 Å². The Kier molecular flexibility index (Phi) is 9.96. The highest BCUT2D eigenvalue weighted by atomic mass is 16.5. The van der Waals surface area contributed by atoms with Crippen LogP contribution in [0.1, 0.15) is 52.9 Å². The molecule has 1 heterocycles. The van der Waals surface area contributed by atoms with Crippen LogP contribution in [0.5, 0.6) is 0 Å². The number of Topliss-reactive ketones (excluding diaryl/α,β-unsaturated/α-hetero) is 1. The maximum Gasteiger partial charge on any atom is 0.407 e. The Morgan fingerprint density at radius 2 is 1.69 bits per heavy atom. The molecular formula is C26H39N3O6. The van der Waals surface area contributed by atoms with E-state index in [9.17, 15) is 19.2 Å². The van der Waals surface area contributed by atoms with Crippen molar-refractivity contribution in [2.24, 2.45) is 23.7 Å². The van der Waals surface area contributed by atoms with Crippen molar-refractivity contribution < 1.29 is 28.7 Å². The van der Waals surface area contributed by atoms with Gasteiger partial charge in [-0.15, -0.1) is 11.8 Å². The molecule has 3 aliphatic rings. The highest BCUT2D eigenvalue weighted by molar-refractivity contribution is 5.78. The van der Waals surface area contributed by atoms with E-state index in [1.807, 2.05) is 4.90 Å². The van der Waals surface area contributed by atoms with Crippen LogP contribution >= 0.6 is 0 Å². The first-order chi connectivity index (χ1) is 16.8. The number of hydrogen-bond donors (Lipinski definition) is 1. The van der Waals surface area contributed by atoms with E-state index < -0.39 is 6.09 Å². The second-order valence-electron chi connectivity index (χ2n) is 10.1. The molecule has 2 aliphatic carbocycles. The van der Waals surface area contributed by atoms with Crippen molar-refractivity contribution in [2.45, 2.75) is 58.9 Å². The van der Waals surface area contributed by atoms with Crippen LogP contribution in [0, 0.1) is 35.5 Å². The standard InChI is InChI=1S/C26H39N3O6/c1-18(2)25(32)34-16-20-15-29(13-12-28(20)14-19(3)30)24(31)10-11-27-26(33)35-17-23-21-8-6-4-5-7-9-22(21)23/h18,20-23H,6-17H2,1-3H3,(H,27,33)/t20?,21-,22+,23?. The smallest absolute Gasteiger partial charge is 0.407 e. The number of nitrogens with one attached hydrogen (secondary N) is 1. The van der Waals surface area contributed by atoms with E-state index in [-0.39, 0.29) is 55.7 Å². The molecule has 0 aromatic heterocycles. The molecule has 0 aromatic rings. The molecule has 0 spiro atoms. The molecule has 1 saturated heterocycles. The topological polar surface area (TPSA) is 105 Å². The summed E-state index contributed by atoms with van der Waals surface area (Å²) < 4.78 is 10.8. The van der Waals surface area contributed by atoms with Crippen LogP contribution in [-0.4, -0.2) is 85.5 Å². The average molecular weight is 490 g/mol. The van der Waals surface area contributed by atoms with Gasteiger partial charge in [0.05, 0.1) is 25.1 Å². The third-order valence-electron chi connectivity index (χ3n) is 7.13. The number of esters is 1. The fraction of sp³-hybridized carbons (Fsp3) is 0.769. The van der Waals surface area contributed by atoms with Crippen molar-refractivity contribution in [1.82, 2.24) is 15.1 Å². The normalized spacial score (nSPS) is 25.9. The van der Waals surface area contributed by atoms with Gasteiger partial charge in [-0.05, 0) is 37.5 Å². The average Bonchev–Trinajstić information content (AvgIpc) is 3.44. The predicted octanol–water partition coefficient (Wildman–Crippen LogP) is 1.84. The molecule has 2 unspecified atom stereocenters. The van der Waals surface area contributed by atoms with Crippen LogP contribution in [-0.2, 0) is 23.9 Å². The molecule has 3 rings (SSSR count). The molecular weight excluding hydrogens is 450 g/mol. The van der Waals surface area contributed by atoms with Crippen molar-refractivity contribution in [3.05, 3.63) is 0 Å². The van der Waals surface area contributed by atoms with Gasteiger partial charge >= 0.3 is 12.1 Å². The zero-order valence-electron chi connectivity index (χ0n) is 21.2. The number of hydrogen-bond acceptors (Lipinski definition) is 7. The number of rotatable bonds is 10. The Hall–Kier alpha value is -2.60. The summed E-state index contributed by atoms with van der Waals surface area (Å²) in [5, 5.41) is 2.68. The van der Waals surface area contributed by atoms with Crippen LogP contribution in [0.4, 0.5) is 4.79 Å². The Bertz CT molecular complexity index is 830. The highest BCUT2D eigenvalue weighted by Crippen LogP contribution is 2.52. The summed E-state index contributed by atoms with van der Waals surface area (Å²) in [5.74, 6) is 7.42. The minimum atomic E-state index is -0.488. The zero-order valence-corrected chi connectivity index (χ0v) is 21.2. The predicted molar refractivity (Wildman–Crippen MR) is 129 cm³/mol. The molecule has 9 nitrogen and oxygen atoms in total. The summed E-state index contributed by atoms with van der Waals surface area (Å²) in [5.41, 5.74) is 0. The molecule has 2 fully saturated rings. The molecule has 194 valence electrons. The van der Waals surface area contributed by atoms with Crippen LogP contribution in [0.3, 0.4) is 0 Å². The van der Waals surface area contributed by atoms with Gasteiger partial charge in [0.2, 0.25) is 5.91 Å². The van der Waals surface area contributed by atoms with E-state index in [4.69, 9.17) is 9.47 Å². The first kappa shape index (κ1) is 27.0. The van der Waals surface area contributed by atoms with Gasteiger partial charge in [0.25, 0.3) is 0 Å². The lowest BCUT2D eigenvalue weighted by molar-refractivity contribution is -0.150. The first-order valence-electron chi connectivity index (χ1n) is 12.8. The Morgan fingerprint density at radius 1 is 1.00 bits per heavy atom. The van der Waals surface area contributed by atoms with Crippen molar-refractivity contribution in [3.8, 4) is 11.8 Å². The van der Waals surface area contributed by atoms with E-state index >= 15 is 0 Å². The highest BCUT2D eigenvalue weighted by Gasteiger charge is 2.49. The van der Waals surface area contributed by atoms with E-state index in [1.54, 1.807) is 18.7 Å². The van der Waals surface area contributed by atoms with Gasteiger partial charge < -0.3 is 19.7 Å². The number of carbonyl (C=O) groups is 4. The van der Waals surface area contributed by atoms with Crippen LogP contribution < -0.4 is 5.32 Å². The quantitative estimate of drug-likeness (QED) is 0.369. The molecule has 1 N–H and O–H groups in total. The Morgan fingerprint density at radius 3 is 2.31 bits per heavy atom. The van der Waals surface area contributed by atoms with Gasteiger partial charge in [-0.25, -0.2) is 4.79 Å². The fourth-order valence-electron chi connectivity index (χ4n) is 5.05. The van der Waals surface area contributed by atoms with E-state index in [2.05, 4.69) is 17.2 Å². The number of ketones is 1. The lowest BCUT2D eigenvalue weighted by Gasteiger charge is -2.40. The fourth-order valence-corrected chi connectivity index (χ4v) is 5.05. The molecule has 2 amide bonds. The maximum absolute atomic E-state index is 12.7. The molecule has 4 atom stereocenters. The van der Waals surface area contributed by atoms with E-state index in [0.29, 0.717) is 44.0 Å². The molecule has 9 heteroatoms. The number of alkyl carbamates (subject to hydrolysis) is 1. The monoisotopic (exact) mass is 489 g/mol. The summed E-state index contributed by atoms with van der Waals surface area (Å²) in [6.07, 6.45) is 3.69. The second-order valence-corrected chi connectivity index (χ2v) is 10.1. The summed E-state index contributed by atoms with van der Waals surface area (Å²) in [6.45, 7) is 7.44. The number of nitrogens with zero attached hydrogens (tertiary/aromatic N) is 2. The van der Waals surface area contributed by atoms with Crippen molar-refractivity contribution >= 4 is 23.8 Å². The minimum Gasteiger partial charge on any atom is -0.464 e. The van der Waals surface area contributed by atoms with Crippen molar-refractivity contribution in [1.29, 1.82) is 0 Å². The Balaban J connectivity index is 1.37. The summed E-state index contributed by atoms with van der Waals surface area (Å²) >= 11 is 0. The third kappa shape index (κ3) is 8.24.